The second-order valence-electron chi connectivity index (χ2n) is 8.24. The van der Waals surface area contributed by atoms with E-state index in [0.29, 0.717) is 12.4 Å². The Morgan fingerprint density at radius 1 is 1.12 bits per heavy atom. The van der Waals surface area contributed by atoms with Gasteiger partial charge in [0.15, 0.2) is 0 Å². The third-order valence-corrected chi connectivity index (χ3v) is 6.34. The minimum atomic E-state index is -0.0841. The summed E-state index contributed by atoms with van der Waals surface area (Å²) in [5.41, 5.74) is 5.46. The van der Waals surface area contributed by atoms with Gasteiger partial charge in [-0.15, -0.1) is 0 Å². The number of rotatable bonds is 7. The standard InChI is InChI=1S/C26H26BrN5O/c1-32-17-21(15-31-32)20-13-23-26(30-14-20)33-24(16-29-23)25(19-7-3-2-4-8-19)28-11-10-18-6-5-9-22(27)12-18/h2-9,12-15,17,24-25,28-29H,10-11,16H2,1H3/t24-,25+/m0/s1. The van der Waals surface area contributed by atoms with Crippen molar-refractivity contribution in [1.82, 2.24) is 20.1 Å². The van der Waals surface area contributed by atoms with Crippen LogP contribution in [0.5, 0.6) is 5.88 Å². The van der Waals surface area contributed by atoms with Gasteiger partial charge in [-0.05, 0) is 42.3 Å². The van der Waals surface area contributed by atoms with Crippen LogP contribution in [0.25, 0.3) is 11.1 Å². The Morgan fingerprint density at radius 3 is 2.79 bits per heavy atom. The predicted molar refractivity (Wildman–Crippen MR) is 134 cm³/mol. The normalized spacial score (nSPS) is 15.9. The van der Waals surface area contributed by atoms with Crippen LogP contribution in [0.4, 0.5) is 5.69 Å². The molecule has 1 aliphatic rings. The maximum absolute atomic E-state index is 6.40. The molecule has 0 spiro atoms. The molecule has 4 aromatic rings. The highest BCUT2D eigenvalue weighted by atomic mass is 79.9. The second kappa shape index (κ2) is 9.77. The minimum Gasteiger partial charge on any atom is -0.469 e. The Bertz CT molecular complexity index is 1230. The number of hydrogen-bond donors (Lipinski definition) is 2. The summed E-state index contributed by atoms with van der Waals surface area (Å²) in [5, 5.41) is 11.5. The summed E-state index contributed by atoms with van der Waals surface area (Å²) in [6.45, 7) is 1.53. The van der Waals surface area contributed by atoms with Gasteiger partial charge < -0.3 is 15.4 Å². The number of pyridine rings is 1. The first kappa shape index (κ1) is 21.7. The molecule has 2 N–H and O–H groups in total. The highest BCUT2D eigenvalue weighted by Crippen LogP contribution is 2.34. The van der Waals surface area contributed by atoms with Crippen LogP contribution in [0.1, 0.15) is 17.2 Å². The molecule has 0 fully saturated rings. The van der Waals surface area contributed by atoms with Gasteiger partial charge in [0.05, 0.1) is 24.5 Å². The van der Waals surface area contributed by atoms with Gasteiger partial charge in [-0.3, -0.25) is 4.68 Å². The van der Waals surface area contributed by atoms with Crippen LogP contribution in [0.2, 0.25) is 0 Å². The summed E-state index contributed by atoms with van der Waals surface area (Å²) in [5.74, 6) is 0.633. The first-order chi connectivity index (χ1) is 16.2. The third kappa shape index (κ3) is 5.10. The topological polar surface area (TPSA) is 64.0 Å². The molecular formula is C26H26BrN5O. The molecule has 6 nitrogen and oxygen atoms in total. The number of nitrogens with one attached hydrogen (secondary N) is 2. The quantitative estimate of drug-likeness (QED) is 0.371. The van der Waals surface area contributed by atoms with Crippen LogP contribution in [-0.2, 0) is 13.5 Å². The zero-order chi connectivity index (χ0) is 22.6. The average molecular weight is 504 g/mol. The van der Waals surface area contributed by atoms with Gasteiger partial charge in [0, 0.05) is 35.0 Å². The fourth-order valence-electron chi connectivity index (χ4n) is 4.17. The smallest absolute Gasteiger partial charge is 0.237 e. The molecule has 0 saturated carbocycles. The second-order valence-corrected chi connectivity index (χ2v) is 9.15. The molecule has 3 heterocycles. The van der Waals surface area contributed by atoms with E-state index < -0.39 is 0 Å². The number of nitrogens with zero attached hydrogens (tertiary/aromatic N) is 3. The van der Waals surface area contributed by atoms with E-state index in [1.165, 1.54) is 11.1 Å². The number of hydrogen-bond acceptors (Lipinski definition) is 5. The Balaban J connectivity index is 1.32. The molecule has 0 unspecified atom stereocenters. The van der Waals surface area contributed by atoms with Crippen molar-refractivity contribution >= 4 is 21.6 Å². The SMILES string of the molecule is Cn1cc(-c2cnc3c(c2)NC[C@@H]([C@H](NCCc2cccc(Br)c2)c2ccccc2)O3)cn1. The predicted octanol–water partition coefficient (Wildman–Crippen LogP) is 4.99. The van der Waals surface area contributed by atoms with Crippen molar-refractivity contribution in [3.05, 3.63) is 94.9 Å². The van der Waals surface area contributed by atoms with E-state index in [1.807, 2.05) is 31.7 Å². The summed E-state index contributed by atoms with van der Waals surface area (Å²) in [7, 11) is 1.91. The molecule has 2 atom stereocenters. The summed E-state index contributed by atoms with van der Waals surface area (Å²) in [6.07, 6.45) is 6.52. The van der Waals surface area contributed by atoms with Crippen LogP contribution in [-0.4, -0.2) is 34.0 Å². The van der Waals surface area contributed by atoms with E-state index in [9.17, 15) is 0 Å². The van der Waals surface area contributed by atoms with Crippen LogP contribution < -0.4 is 15.4 Å². The van der Waals surface area contributed by atoms with Crippen LogP contribution >= 0.6 is 15.9 Å². The van der Waals surface area contributed by atoms with Crippen molar-refractivity contribution in [1.29, 1.82) is 0 Å². The lowest BCUT2D eigenvalue weighted by Gasteiger charge is -2.33. The van der Waals surface area contributed by atoms with Crippen LogP contribution in [0, 0.1) is 0 Å². The Kier molecular flexibility index (Phi) is 6.41. The van der Waals surface area contributed by atoms with E-state index in [-0.39, 0.29) is 12.1 Å². The zero-order valence-corrected chi connectivity index (χ0v) is 20.0. The van der Waals surface area contributed by atoms with Crippen molar-refractivity contribution < 1.29 is 4.74 Å². The van der Waals surface area contributed by atoms with Crippen molar-refractivity contribution in [3.8, 4) is 17.0 Å². The van der Waals surface area contributed by atoms with Gasteiger partial charge in [-0.2, -0.15) is 5.10 Å². The number of halogens is 1. The van der Waals surface area contributed by atoms with Crippen molar-refractivity contribution in [3.63, 3.8) is 0 Å². The molecule has 0 saturated heterocycles. The Morgan fingerprint density at radius 2 is 2.00 bits per heavy atom. The molecule has 2 aromatic heterocycles. The average Bonchev–Trinajstić information content (AvgIpc) is 3.28. The van der Waals surface area contributed by atoms with E-state index in [2.05, 4.69) is 91.2 Å². The summed E-state index contributed by atoms with van der Waals surface area (Å²) in [4.78, 5) is 4.61. The number of anilines is 1. The summed E-state index contributed by atoms with van der Waals surface area (Å²) in [6, 6.07) is 21.0. The molecular weight excluding hydrogens is 478 g/mol. The molecule has 1 aliphatic heterocycles. The lowest BCUT2D eigenvalue weighted by atomic mass is 9.99. The van der Waals surface area contributed by atoms with Crippen LogP contribution in [0.15, 0.2) is 83.7 Å². The summed E-state index contributed by atoms with van der Waals surface area (Å²) < 4.78 is 9.30. The number of fused-ring (bicyclic) bond motifs is 1. The number of ether oxygens (including phenoxy) is 1. The molecule has 0 radical (unpaired) electrons. The maximum Gasteiger partial charge on any atom is 0.237 e. The third-order valence-electron chi connectivity index (χ3n) is 5.84. The molecule has 0 amide bonds. The van der Waals surface area contributed by atoms with E-state index in [1.54, 1.807) is 4.68 Å². The maximum atomic E-state index is 6.40. The lowest BCUT2D eigenvalue weighted by Crippen LogP contribution is -2.43. The highest BCUT2D eigenvalue weighted by molar-refractivity contribution is 9.10. The largest absolute Gasteiger partial charge is 0.469 e. The monoisotopic (exact) mass is 503 g/mol. The van der Waals surface area contributed by atoms with Gasteiger partial charge in [0.1, 0.15) is 6.10 Å². The molecule has 168 valence electrons. The molecule has 33 heavy (non-hydrogen) atoms. The number of aryl methyl sites for hydroxylation is 1. The zero-order valence-electron chi connectivity index (χ0n) is 18.4. The Labute approximate surface area is 202 Å². The van der Waals surface area contributed by atoms with Crippen molar-refractivity contribution in [2.45, 2.75) is 18.6 Å². The van der Waals surface area contributed by atoms with Gasteiger partial charge >= 0.3 is 0 Å². The fraction of sp³-hybridized carbons (Fsp3) is 0.231. The molecule has 5 rings (SSSR count). The Hall–Kier alpha value is -3.16. The highest BCUT2D eigenvalue weighted by Gasteiger charge is 2.29. The van der Waals surface area contributed by atoms with Gasteiger partial charge in [-0.1, -0.05) is 58.4 Å². The number of benzene rings is 2. The van der Waals surface area contributed by atoms with Gasteiger partial charge in [-0.25, -0.2) is 4.98 Å². The van der Waals surface area contributed by atoms with Gasteiger partial charge in [0.25, 0.3) is 0 Å². The van der Waals surface area contributed by atoms with Gasteiger partial charge in [0.2, 0.25) is 5.88 Å². The molecule has 2 aromatic carbocycles. The summed E-state index contributed by atoms with van der Waals surface area (Å²) >= 11 is 3.56. The minimum absolute atomic E-state index is 0.0406. The molecule has 0 bridgehead atoms. The van der Waals surface area contributed by atoms with Crippen molar-refractivity contribution in [2.24, 2.45) is 7.05 Å². The van der Waals surface area contributed by atoms with Crippen LogP contribution in [0.3, 0.4) is 0 Å². The lowest BCUT2D eigenvalue weighted by molar-refractivity contribution is 0.150. The first-order valence-corrected chi connectivity index (χ1v) is 11.9. The molecule has 7 heteroatoms. The van der Waals surface area contributed by atoms with Crippen molar-refractivity contribution in [2.75, 3.05) is 18.4 Å². The molecule has 0 aliphatic carbocycles. The number of aromatic nitrogens is 3. The van der Waals surface area contributed by atoms with E-state index in [4.69, 9.17) is 4.74 Å². The van der Waals surface area contributed by atoms with E-state index in [0.717, 1.165) is 34.3 Å². The fourth-order valence-corrected chi connectivity index (χ4v) is 4.62. The first-order valence-electron chi connectivity index (χ1n) is 11.1. The van der Waals surface area contributed by atoms with E-state index >= 15 is 0 Å².